The zero-order chi connectivity index (χ0) is 36.0. The Labute approximate surface area is 289 Å². The standard InChI is InChI=1S/C38H62N2O7S/c1-36(2,3)22-48(46,47)21-26(24-12-10-9-11-13-24)17-27(41)19-28(37(4,5)6)35(45)40-20-29-31(38(29,7)8)32(40)30(42)18-25(16-23-14-15-23)33(43)34(39)44/h23-26,28-29,31-32H,9-22H2,1-8H3,(H2,39,44)/t25?,26-,28-,29?,31+,32-/m1/s1. The molecular formula is C38H62N2O7S. The van der Waals surface area contributed by atoms with Gasteiger partial charge in [-0.15, -0.1) is 0 Å². The minimum absolute atomic E-state index is 0.00846. The van der Waals surface area contributed by atoms with Crippen LogP contribution in [0.5, 0.6) is 0 Å². The molecule has 0 aromatic carbocycles. The van der Waals surface area contributed by atoms with E-state index in [0.29, 0.717) is 18.9 Å². The van der Waals surface area contributed by atoms with Gasteiger partial charge in [0.1, 0.15) is 5.78 Å². The molecule has 2 N–H and O–H groups in total. The number of hydrogen-bond donors (Lipinski definition) is 1. The number of carbonyl (C=O) groups is 5. The predicted molar refractivity (Wildman–Crippen MR) is 186 cm³/mol. The van der Waals surface area contributed by atoms with Crippen LogP contribution in [0, 0.1) is 57.7 Å². The maximum absolute atomic E-state index is 14.5. The third-order valence-corrected chi connectivity index (χ3v) is 14.1. The van der Waals surface area contributed by atoms with Crippen LogP contribution in [0.4, 0.5) is 0 Å². The van der Waals surface area contributed by atoms with Crippen molar-refractivity contribution in [3.8, 4) is 0 Å². The number of nitrogens with two attached hydrogens (primary N) is 1. The molecule has 48 heavy (non-hydrogen) atoms. The third kappa shape index (κ3) is 9.57. The van der Waals surface area contributed by atoms with E-state index in [4.69, 9.17) is 5.73 Å². The lowest BCUT2D eigenvalue weighted by atomic mass is 9.74. The van der Waals surface area contributed by atoms with E-state index in [1.807, 2.05) is 41.5 Å². The molecule has 272 valence electrons. The van der Waals surface area contributed by atoms with Gasteiger partial charge in [0.25, 0.3) is 5.91 Å². The Balaban J connectivity index is 1.53. The highest BCUT2D eigenvalue weighted by molar-refractivity contribution is 7.91. The van der Waals surface area contributed by atoms with Crippen LogP contribution in [0.15, 0.2) is 0 Å². The van der Waals surface area contributed by atoms with Crippen LogP contribution in [0.25, 0.3) is 0 Å². The first-order valence-corrected chi connectivity index (χ1v) is 20.2. The lowest BCUT2D eigenvalue weighted by molar-refractivity contribution is -0.148. The summed E-state index contributed by atoms with van der Waals surface area (Å²) in [7, 11) is -3.39. The second kappa shape index (κ2) is 14.3. The molecule has 3 aliphatic carbocycles. The average Bonchev–Trinajstić information content (AvgIpc) is 3.80. The zero-order valence-corrected chi connectivity index (χ0v) is 31.6. The number of fused-ring (bicyclic) bond motifs is 1. The molecule has 10 heteroatoms. The molecule has 4 aliphatic rings. The van der Waals surface area contributed by atoms with Crippen LogP contribution < -0.4 is 5.73 Å². The summed E-state index contributed by atoms with van der Waals surface area (Å²) in [5.41, 5.74) is 4.27. The smallest absolute Gasteiger partial charge is 0.285 e. The Morgan fingerprint density at radius 2 is 1.48 bits per heavy atom. The van der Waals surface area contributed by atoms with Gasteiger partial charge in [-0.05, 0) is 52.3 Å². The number of carbonyl (C=O) groups excluding carboxylic acids is 5. The molecule has 0 bridgehead atoms. The minimum atomic E-state index is -3.39. The Morgan fingerprint density at radius 1 is 0.875 bits per heavy atom. The molecule has 0 aromatic rings. The summed E-state index contributed by atoms with van der Waals surface area (Å²) in [6.45, 7) is 16.2. The summed E-state index contributed by atoms with van der Waals surface area (Å²) in [5.74, 6) is -3.38. The van der Waals surface area contributed by atoms with Gasteiger partial charge < -0.3 is 10.6 Å². The number of nitrogens with zero attached hydrogens (tertiary/aromatic N) is 1. The van der Waals surface area contributed by atoms with Crippen LogP contribution in [0.2, 0.25) is 0 Å². The van der Waals surface area contributed by atoms with Gasteiger partial charge >= 0.3 is 0 Å². The van der Waals surface area contributed by atoms with E-state index >= 15 is 0 Å². The quantitative estimate of drug-likeness (QED) is 0.208. The fourth-order valence-electron chi connectivity index (χ4n) is 9.07. The third-order valence-electron chi connectivity index (χ3n) is 11.9. The van der Waals surface area contributed by atoms with Crippen molar-refractivity contribution in [2.75, 3.05) is 18.1 Å². The van der Waals surface area contributed by atoms with Crippen molar-refractivity contribution >= 4 is 39.0 Å². The number of piperidine rings is 1. The molecule has 6 atom stereocenters. The van der Waals surface area contributed by atoms with Crippen LogP contribution in [0.3, 0.4) is 0 Å². The number of primary amides is 1. The Bertz CT molecular complexity index is 1360. The normalized spacial score (nSPS) is 26.3. The fourth-order valence-corrected chi connectivity index (χ4v) is 11.5. The molecule has 0 aromatic heterocycles. The molecule has 2 amide bonds. The number of Topliss-reactive ketones (excluding diaryl/α,β-unsaturated/α-hetero) is 3. The second-order valence-corrected chi connectivity index (χ2v) is 20.9. The van der Waals surface area contributed by atoms with Gasteiger partial charge in [0, 0.05) is 37.6 Å². The van der Waals surface area contributed by atoms with Crippen molar-refractivity contribution < 1.29 is 32.4 Å². The van der Waals surface area contributed by atoms with E-state index in [1.54, 1.807) is 4.90 Å². The van der Waals surface area contributed by atoms with Crippen molar-refractivity contribution in [2.24, 2.45) is 63.4 Å². The number of ketones is 3. The van der Waals surface area contributed by atoms with Crippen LogP contribution in [0.1, 0.15) is 126 Å². The van der Waals surface area contributed by atoms with E-state index in [0.717, 1.165) is 44.9 Å². The van der Waals surface area contributed by atoms with E-state index < -0.39 is 44.8 Å². The lowest BCUT2D eigenvalue weighted by Crippen LogP contribution is -2.51. The Kier molecular flexibility index (Phi) is 11.5. The summed E-state index contributed by atoms with van der Waals surface area (Å²) in [6, 6.07) is -0.711. The summed E-state index contributed by atoms with van der Waals surface area (Å²) in [5, 5.41) is 0. The first-order chi connectivity index (χ1) is 22.0. The Morgan fingerprint density at radius 3 is 2.00 bits per heavy atom. The molecule has 0 spiro atoms. The number of likely N-dealkylation sites (tertiary alicyclic amines) is 1. The largest absolute Gasteiger partial charge is 0.363 e. The molecule has 1 heterocycles. The monoisotopic (exact) mass is 690 g/mol. The summed E-state index contributed by atoms with van der Waals surface area (Å²) in [6.07, 6.45) is 7.43. The van der Waals surface area contributed by atoms with Gasteiger partial charge in [-0.2, -0.15) is 0 Å². The highest BCUT2D eigenvalue weighted by Crippen LogP contribution is 2.65. The number of sulfone groups is 1. The van der Waals surface area contributed by atoms with Gasteiger partial charge in [-0.3, -0.25) is 24.0 Å². The van der Waals surface area contributed by atoms with E-state index in [2.05, 4.69) is 13.8 Å². The SMILES string of the molecule is CC(C)(C)CS(=O)(=O)C[C@@H](CC(=O)C[C@H](C(=O)N1CC2[C@@H]([C@H]1C(=O)CC(CC1CC1)C(=O)C(N)=O)C2(C)C)C(C)(C)C)C1CCCCC1. The minimum Gasteiger partial charge on any atom is -0.363 e. The fraction of sp³-hybridized carbons (Fsp3) is 0.868. The van der Waals surface area contributed by atoms with Crippen molar-refractivity contribution in [1.29, 1.82) is 0 Å². The molecule has 1 saturated heterocycles. The zero-order valence-electron chi connectivity index (χ0n) is 30.8. The average molecular weight is 691 g/mol. The predicted octanol–water partition coefficient (Wildman–Crippen LogP) is 5.57. The molecule has 4 rings (SSSR count). The van der Waals surface area contributed by atoms with E-state index in [-0.39, 0.29) is 82.7 Å². The molecule has 1 aliphatic heterocycles. The van der Waals surface area contributed by atoms with E-state index in [9.17, 15) is 32.4 Å². The number of rotatable bonds is 16. The van der Waals surface area contributed by atoms with Gasteiger partial charge in [-0.1, -0.05) is 100 Å². The van der Waals surface area contributed by atoms with Crippen LogP contribution >= 0.6 is 0 Å². The van der Waals surface area contributed by atoms with Crippen molar-refractivity contribution in [1.82, 2.24) is 4.90 Å². The first-order valence-electron chi connectivity index (χ1n) is 18.4. The highest BCUT2D eigenvalue weighted by Gasteiger charge is 2.69. The molecule has 0 radical (unpaired) electrons. The van der Waals surface area contributed by atoms with Gasteiger partial charge in [0.2, 0.25) is 11.7 Å². The molecule has 9 nitrogen and oxygen atoms in total. The van der Waals surface area contributed by atoms with Crippen molar-refractivity contribution in [3.05, 3.63) is 0 Å². The van der Waals surface area contributed by atoms with E-state index in [1.165, 1.54) is 0 Å². The number of amides is 2. The molecule has 2 unspecified atom stereocenters. The van der Waals surface area contributed by atoms with Crippen LogP contribution in [-0.2, 0) is 33.8 Å². The Hall–Kier alpha value is -2.10. The molecular weight excluding hydrogens is 628 g/mol. The molecule has 3 saturated carbocycles. The summed E-state index contributed by atoms with van der Waals surface area (Å²) in [4.78, 5) is 68.7. The lowest BCUT2D eigenvalue weighted by Gasteiger charge is -2.38. The van der Waals surface area contributed by atoms with Crippen molar-refractivity contribution in [2.45, 2.75) is 132 Å². The summed E-state index contributed by atoms with van der Waals surface area (Å²) < 4.78 is 26.6. The maximum atomic E-state index is 14.5. The van der Waals surface area contributed by atoms with Gasteiger partial charge in [-0.25, -0.2) is 8.42 Å². The number of hydrogen-bond acceptors (Lipinski definition) is 7. The molecule has 4 fully saturated rings. The maximum Gasteiger partial charge on any atom is 0.285 e. The first kappa shape index (κ1) is 38.7. The summed E-state index contributed by atoms with van der Waals surface area (Å²) >= 11 is 0. The second-order valence-electron chi connectivity index (χ2n) is 18.8. The van der Waals surface area contributed by atoms with Crippen molar-refractivity contribution in [3.63, 3.8) is 0 Å². The van der Waals surface area contributed by atoms with Gasteiger partial charge in [0.15, 0.2) is 15.6 Å². The van der Waals surface area contributed by atoms with Gasteiger partial charge in [0.05, 0.1) is 17.5 Å². The van der Waals surface area contributed by atoms with Crippen LogP contribution in [-0.4, -0.2) is 66.6 Å². The topological polar surface area (TPSA) is 149 Å². The highest BCUT2D eigenvalue weighted by atomic mass is 32.2.